The van der Waals surface area contributed by atoms with Crippen LogP contribution in [0.5, 0.6) is 0 Å². The number of nitrogens with one attached hydrogen (secondary N) is 1. The smallest absolute Gasteiger partial charge is 0.230 e. The lowest BCUT2D eigenvalue weighted by molar-refractivity contribution is -0.120. The Kier molecular flexibility index (Phi) is 4.46. The molecule has 0 aliphatic heterocycles. The molecule has 1 saturated carbocycles. The second-order valence-electron chi connectivity index (χ2n) is 5.16. The molecule has 1 aliphatic rings. The van der Waals surface area contributed by atoms with Gasteiger partial charge in [0.2, 0.25) is 5.91 Å². The molecule has 1 aliphatic carbocycles. The summed E-state index contributed by atoms with van der Waals surface area (Å²) in [5.41, 5.74) is -0.540. The van der Waals surface area contributed by atoms with Crippen molar-refractivity contribution in [1.82, 2.24) is 20.1 Å². The predicted octanol–water partition coefficient (Wildman–Crippen LogP) is 0.982. The molecule has 0 aromatic carbocycles. The minimum Gasteiger partial charge on any atom is -0.394 e. The average molecular weight is 284 g/mol. The first-order chi connectivity index (χ1) is 9.08. The summed E-state index contributed by atoms with van der Waals surface area (Å²) in [7, 11) is 0. The topological polar surface area (TPSA) is 80.0 Å². The van der Waals surface area contributed by atoms with E-state index in [-0.39, 0.29) is 12.5 Å². The van der Waals surface area contributed by atoms with E-state index in [1.165, 1.54) is 11.8 Å². The third kappa shape index (κ3) is 3.70. The molecule has 0 radical (unpaired) electrons. The molecular weight excluding hydrogens is 264 g/mol. The summed E-state index contributed by atoms with van der Waals surface area (Å²) in [6.07, 6.45) is 4.74. The SMILES string of the molecule is CCC(C)(CO)NC(=O)CSc1nncn1C1CC1. The van der Waals surface area contributed by atoms with Crippen molar-refractivity contribution in [3.05, 3.63) is 6.33 Å². The first kappa shape index (κ1) is 14.3. The third-order valence-electron chi connectivity index (χ3n) is 3.38. The number of carbonyl (C=O) groups is 1. The molecule has 1 fully saturated rings. The summed E-state index contributed by atoms with van der Waals surface area (Å²) >= 11 is 1.39. The molecule has 19 heavy (non-hydrogen) atoms. The molecule has 0 saturated heterocycles. The number of amides is 1. The van der Waals surface area contributed by atoms with Crippen LogP contribution >= 0.6 is 11.8 Å². The summed E-state index contributed by atoms with van der Waals surface area (Å²) in [6.45, 7) is 3.72. The Morgan fingerprint density at radius 2 is 2.42 bits per heavy atom. The fraction of sp³-hybridized carbons (Fsp3) is 0.750. The number of hydrogen-bond acceptors (Lipinski definition) is 5. The van der Waals surface area contributed by atoms with Gasteiger partial charge < -0.3 is 15.0 Å². The molecule has 1 atom stereocenters. The van der Waals surface area contributed by atoms with Crippen molar-refractivity contribution in [2.75, 3.05) is 12.4 Å². The zero-order valence-corrected chi connectivity index (χ0v) is 12.1. The average Bonchev–Trinajstić information content (AvgIpc) is 3.15. The van der Waals surface area contributed by atoms with Crippen molar-refractivity contribution in [3.63, 3.8) is 0 Å². The van der Waals surface area contributed by atoms with Gasteiger partial charge in [0, 0.05) is 6.04 Å². The number of aliphatic hydroxyl groups is 1. The molecule has 2 N–H and O–H groups in total. The molecule has 106 valence electrons. The molecule has 1 unspecified atom stereocenters. The highest BCUT2D eigenvalue weighted by Crippen LogP contribution is 2.37. The first-order valence-corrected chi connectivity index (χ1v) is 7.50. The highest BCUT2D eigenvalue weighted by Gasteiger charge is 2.27. The lowest BCUT2D eigenvalue weighted by atomic mass is 10.0. The van der Waals surface area contributed by atoms with Gasteiger partial charge in [-0.2, -0.15) is 0 Å². The van der Waals surface area contributed by atoms with Crippen LogP contribution in [0.25, 0.3) is 0 Å². The highest BCUT2D eigenvalue weighted by molar-refractivity contribution is 7.99. The Hall–Kier alpha value is -1.08. The number of hydrogen-bond donors (Lipinski definition) is 2. The van der Waals surface area contributed by atoms with Crippen molar-refractivity contribution < 1.29 is 9.90 Å². The normalized spacial score (nSPS) is 18.1. The van der Waals surface area contributed by atoms with Crippen molar-refractivity contribution in [2.24, 2.45) is 0 Å². The molecule has 2 rings (SSSR count). The number of carbonyl (C=O) groups excluding carboxylic acids is 1. The quantitative estimate of drug-likeness (QED) is 0.730. The van der Waals surface area contributed by atoms with Crippen LogP contribution in [0.1, 0.15) is 39.2 Å². The van der Waals surface area contributed by atoms with Gasteiger partial charge in [-0.05, 0) is 26.2 Å². The van der Waals surface area contributed by atoms with Gasteiger partial charge in [0.05, 0.1) is 17.9 Å². The molecule has 0 bridgehead atoms. The van der Waals surface area contributed by atoms with Crippen molar-refractivity contribution >= 4 is 17.7 Å². The molecule has 0 spiro atoms. The molecule has 1 heterocycles. The highest BCUT2D eigenvalue weighted by atomic mass is 32.2. The van der Waals surface area contributed by atoms with E-state index >= 15 is 0 Å². The second kappa shape index (κ2) is 5.92. The van der Waals surface area contributed by atoms with Gasteiger partial charge in [0.25, 0.3) is 0 Å². The van der Waals surface area contributed by atoms with Crippen molar-refractivity contribution in [1.29, 1.82) is 0 Å². The molecule has 1 aromatic heterocycles. The van der Waals surface area contributed by atoms with E-state index in [2.05, 4.69) is 15.5 Å². The molecule has 6 nitrogen and oxygen atoms in total. The van der Waals surface area contributed by atoms with Crippen molar-refractivity contribution in [3.8, 4) is 0 Å². The summed E-state index contributed by atoms with van der Waals surface area (Å²) in [5.74, 6) is 0.204. The lowest BCUT2D eigenvalue weighted by Crippen LogP contribution is -2.49. The van der Waals surface area contributed by atoms with Crippen LogP contribution in [-0.2, 0) is 4.79 Å². The summed E-state index contributed by atoms with van der Waals surface area (Å²) < 4.78 is 2.03. The monoisotopic (exact) mass is 284 g/mol. The zero-order chi connectivity index (χ0) is 13.9. The molecular formula is C12H20N4O2S. The molecule has 7 heteroatoms. The molecule has 1 aromatic rings. The minimum atomic E-state index is -0.540. The summed E-state index contributed by atoms with van der Waals surface area (Å²) in [4.78, 5) is 11.9. The fourth-order valence-corrected chi connectivity index (χ4v) is 2.46. The van der Waals surface area contributed by atoms with Crippen LogP contribution in [0.3, 0.4) is 0 Å². The van der Waals surface area contributed by atoms with Gasteiger partial charge in [0.15, 0.2) is 5.16 Å². The Morgan fingerprint density at radius 1 is 1.68 bits per heavy atom. The second-order valence-corrected chi connectivity index (χ2v) is 6.10. The van der Waals surface area contributed by atoms with E-state index in [1.54, 1.807) is 6.33 Å². The number of aromatic nitrogens is 3. The molecule has 1 amide bonds. The van der Waals surface area contributed by atoms with Crippen LogP contribution in [0.4, 0.5) is 0 Å². The van der Waals surface area contributed by atoms with Crippen molar-refractivity contribution in [2.45, 2.75) is 49.8 Å². The maximum absolute atomic E-state index is 11.9. The van der Waals surface area contributed by atoms with E-state index in [1.807, 2.05) is 18.4 Å². The largest absolute Gasteiger partial charge is 0.394 e. The van der Waals surface area contributed by atoms with Gasteiger partial charge >= 0.3 is 0 Å². The van der Waals surface area contributed by atoms with Gasteiger partial charge in [-0.1, -0.05) is 18.7 Å². The Morgan fingerprint density at radius 3 is 3.00 bits per heavy atom. The maximum atomic E-state index is 11.9. The van der Waals surface area contributed by atoms with Crippen LogP contribution < -0.4 is 5.32 Å². The first-order valence-electron chi connectivity index (χ1n) is 6.52. The van der Waals surface area contributed by atoms with E-state index in [4.69, 9.17) is 0 Å². The lowest BCUT2D eigenvalue weighted by Gasteiger charge is -2.27. The number of thioether (sulfide) groups is 1. The van der Waals surface area contributed by atoms with E-state index < -0.39 is 5.54 Å². The fourth-order valence-electron chi connectivity index (χ4n) is 1.68. The Bertz CT molecular complexity index is 441. The zero-order valence-electron chi connectivity index (χ0n) is 11.3. The number of rotatable bonds is 7. The predicted molar refractivity (Wildman–Crippen MR) is 72.9 cm³/mol. The van der Waals surface area contributed by atoms with Gasteiger partial charge in [-0.3, -0.25) is 4.79 Å². The van der Waals surface area contributed by atoms with Gasteiger partial charge in [0.1, 0.15) is 6.33 Å². The number of aliphatic hydroxyl groups excluding tert-OH is 1. The van der Waals surface area contributed by atoms with Gasteiger partial charge in [-0.15, -0.1) is 10.2 Å². The Labute approximate surface area is 117 Å². The van der Waals surface area contributed by atoms with E-state index in [0.717, 1.165) is 18.0 Å². The Balaban J connectivity index is 1.84. The standard InChI is InChI=1S/C12H20N4O2S/c1-3-12(2,7-17)14-10(18)6-19-11-15-13-8-16(11)9-4-5-9/h8-9,17H,3-7H2,1-2H3,(H,14,18). The van der Waals surface area contributed by atoms with Crippen LogP contribution in [0.15, 0.2) is 11.5 Å². The summed E-state index contributed by atoms with van der Waals surface area (Å²) in [5, 5.41) is 20.8. The van der Waals surface area contributed by atoms with Crippen LogP contribution in [0.2, 0.25) is 0 Å². The van der Waals surface area contributed by atoms with E-state index in [9.17, 15) is 9.90 Å². The summed E-state index contributed by atoms with van der Waals surface area (Å²) in [6, 6.07) is 0.513. The van der Waals surface area contributed by atoms with E-state index in [0.29, 0.717) is 18.2 Å². The minimum absolute atomic E-state index is 0.0574. The third-order valence-corrected chi connectivity index (χ3v) is 4.34. The van der Waals surface area contributed by atoms with Crippen LogP contribution in [-0.4, -0.2) is 43.7 Å². The number of nitrogens with zero attached hydrogens (tertiary/aromatic N) is 3. The van der Waals surface area contributed by atoms with Crippen LogP contribution in [0, 0.1) is 0 Å². The maximum Gasteiger partial charge on any atom is 0.230 e. The van der Waals surface area contributed by atoms with Gasteiger partial charge in [-0.25, -0.2) is 0 Å².